The van der Waals surface area contributed by atoms with Crippen LogP contribution in [-0.4, -0.2) is 22.2 Å². The van der Waals surface area contributed by atoms with Crippen molar-refractivity contribution in [2.45, 2.75) is 12.5 Å². The summed E-state index contributed by atoms with van der Waals surface area (Å²) in [5.74, 6) is -1.49. The normalized spacial score (nSPS) is 11.3. The Morgan fingerprint density at radius 2 is 2.00 bits per heavy atom. The zero-order valence-electron chi connectivity index (χ0n) is 5.07. The van der Waals surface area contributed by atoms with E-state index in [1.807, 2.05) is 0 Å². The average molecular weight is 214 g/mol. The molecule has 0 saturated heterocycles. The fourth-order valence-corrected chi connectivity index (χ4v) is 0.325. The predicted molar refractivity (Wildman–Crippen MR) is 28.2 cm³/mol. The van der Waals surface area contributed by atoms with Gasteiger partial charge in [0.15, 0.2) is 0 Å². The Balaban J connectivity index is 0. The molecule has 0 aromatic carbocycles. The molecule has 10 heavy (non-hydrogen) atoms. The summed E-state index contributed by atoms with van der Waals surface area (Å²) in [4.78, 5) is 9.64. The molecule has 0 aliphatic carbocycles. The molecule has 0 amide bonds. The van der Waals surface area contributed by atoms with Crippen LogP contribution in [0.4, 0.5) is 0 Å². The molecule has 1 atom stereocenters. The molecule has 0 aliphatic rings. The maximum Gasteiger partial charge on any atom is 2.00 e. The molecule has 0 aromatic heterocycles. The Bertz CT molecular complexity index is 137. The Morgan fingerprint density at radius 1 is 1.60 bits per heavy atom. The molecule has 0 aliphatic heterocycles. The number of carboxylic acids is 1. The summed E-state index contributed by atoms with van der Waals surface area (Å²) < 4.78 is 0. The molecule has 1 unspecified atom stereocenters. The van der Waals surface area contributed by atoms with Crippen molar-refractivity contribution >= 4 is 23.2 Å². The summed E-state index contributed by atoms with van der Waals surface area (Å²) >= 11 is 3.94. The van der Waals surface area contributed by atoms with E-state index >= 15 is 0 Å². The van der Waals surface area contributed by atoms with E-state index < -0.39 is 23.5 Å². The van der Waals surface area contributed by atoms with Crippen LogP contribution in [0.1, 0.15) is 6.42 Å². The largest absolute Gasteiger partial charge is 2.00 e. The van der Waals surface area contributed by atoms with Gasteiger partial charge in [-0.25, -0.2) is 0 Å². The van der Waals surface area contributed by atoms with Crippen LogP contribution >= 0.6 is 12.2 Å². The van der Waals surface area contributed by atoms with Crippen LogP contribution in [0.25, 0.3) is 0 Å². The van der Waals surface area contributed by atoms with Gasteiger partial charge >= 0.3 is 19.5 Å². The second-order valence-corrected chi connectivity index (χ2v) is 1.81. The van der Waals surface area contributed by atoms with Gasteiger partial charge in [0.2, 0.25) is 0 Å². The van der Waals surface area contributed by atoms with Gasteiger partial charge in [-0.3, -0.25) is 0 Å². The van der Waals surface area contributed by atoms with E-state index in [0.717, 1.165) is 0 Å². The number of carboxylic acid groups (broad SMARTS) is 1. The van der Waals surface area contributed by atoms with E-state index in [2.05, 4.69) is 12.2 Å². The standard InChI is InChI=1S/C4H6O4S.Zn/c5-2(4(8)9)1-3(6)7;/h2,5H,1H2,(H,6,7)(H,8,9);/q;+2/p-2. The van der Waals surface area contributed by atoms with Crippen molar-refractivity contribution in [1.82, 2.24) is 0 Å². The third-order valence-electron chi connectivity index (χ3n) is 0.632. The van der Waals surface area contributed by atoms with E-state index in [4.69, 9.17) is 5.11 Å². The van der Waals surface area contributed by atoms with Gasteiger partial charge in [-0.05, 0) is 5.05 Å². The summed E-state index contributed by atoms with van der Waals surface area (Å²) in [5, 5.41) is 27.0. The number of carbonyl (C=O) groups excluding carboxylic acids is 1. The second kappa shape index (κ2) is 5.71. The van der Waals surface area contributed by atoms with E-state index in [9.17, 15) is 15.0 Å². The van der Waals surface area contributed by atoms with Gasteiger partial charge in [-0.2, -0.15) is 0 Å². The zero-order chi connectivity index (χ0) is 7.44. The zero-order valence-corrected chi connectivity index (χ0v) is 8.86. The fraction of sp³-hybridized carbons (Fsp3) is 0.500. The van der Waals surface area contributed by atoms with Gasteiger partial charge in [0.1, 0.15) is 0 Å². The van der Waals surface area contributed by atoms with Crippen LogP contribution in [-0.2, 0) is 24.3 Å². The molecule has 0 fully saturated rings. The van der Waals surface area contributed by atoms with Crippen LogP contribution in [0.3, 0.4) is 0 Å². The first-order chi connectivity index (χ1) is 4.04. The molecule has 0 heterocycles. The van der Waals surface area contributed by atoms with Crippen LogP contribution < -0.4 is 10.2 Å². The SMILES string of the molecule is O=C([O-])CC(O)C([O-])=S.[Zn+2]. The van der Waals surface area contributed by atoms with Crippen LogP contribution in [0, 0.1) is 0 Å². The van der Waals surface area contributed by atoms with Crippen molar-refractivity contribution in [2.75, 3.05) is 0 Å². The van der Waals surface area contributed by atoms with Crippen molar-refractivity contribution in [3.63, 3.8) is 0 Å². The molecule has 1 N–H and O–H groups in total. The monoisotopic (exact) mass is 212 g/mol. The number of aliphatic hydroxyl groups is 1. The minimum absolute atomic E-state index is 0. The van der Waals surface area contributed by atoms with Crippen molar-refractivity contribution < 1.29 is 39.6 Å². The third-order valence-corrected chi connectivity index (χ3v) is 0.904. The number of aliphatic carboxylic acids is 1. The molecule has 52 valence electrons. The molecule has 0 spiro atoms. The fourth-order valence-electron chi connectivity index (χ4n) is 0.241. The number of hydrogen-bond donors (Lipinski definition) is 1. The van der Waals surface area contributed by atoms with Gasteiger partial charge in [0, 0.05) is 12.4 Å². The van der Waals surface area contributed by atoms with Crippen LogP contribution in [0.5, 0.6) is 0 Å². The molecular weight excluding hydrogens is 209 g/mol. The molecule has 0 bridgehead atoms. The number of carbonyl (C=O) groups is 1. The Morgan fingerprint density at radius 3 is 2.10 bits per heavy atom. The van der Waals surface area contributed by atoms with Gasteiger partial charge in [0.05, 0.1) is 6.10 Å². The smallest absolute Gasteiger partial charge is 0.866 e. The topological polar surface area (TPSA) is 83.4 Å². The minimum atomic E-state index is -1.59. The number of thiocarbonyl (C=S) groups is 1. The van der Waals surface area contributed by atoms with Gasteiger partial charge in [-0.1, -0.05) is 12.2 Å². The first kappa shape index (κ1) is 12.6. The molecule has 0 rings (SSSR count). The van der Waals surface area contributed by atoms with E-state index in [0.29, 0.717) is 0 Å². The first-order valence-electron chi connectivity index (χ1n) is 2.13. The van der Waals surface area contributed by atoms with Gasteiger partial charge < -0.3 is 20.1 Å². The summed E-state index contributed by atoms with van der Waals surface area (Å²) in [6, 6.07) is 0. The maximum atomic E-state index is 9.95. The summed E-state index contributed by atoms with van der Waals surface area (Å²) in [6.45, 7) is 0. The Hall–Kier alpha value is -0.0566. The average Bonchev–Trinajstić information content (AvgIpc) is 1.63. The Labute approximate surface area is 75.6 Å². The quantitative estimate of drug-likeness (QED) is 0.404. The molecule has 0 saturated carbocycles. The van der Waals surface area contributed by atoms with Crippen molar-refractivity contribution in [3.8, 4) is 0 Å². The summed E-state index contributed by atoms with van der Waals surface area (Å²) in [6.07, 6.45) is -2.31. The molecule has 0 radical (unpaired) electrons. The van der Waals surface area contributed by atoms with Crippen molar-refractivity contribution in [3.05, 3.63) is 0 Å². The number of aliphatic hydroxyl groups excluding tert-OH is 1. The van der Waals surface area contributed by atoms with Gasteiger partial charge in [0.25, 0.3) is 0 Å². The molecular formula is C4H4O4SZn. The summed E-state index contributed by atoms with van der Waals surface area (Å²) in [7, 11) is 0. The van der Waals surface area contributed by atoms with E-state index in [1.54, 1.807) is 0 Å². The first-order valence-corrected chi connectivity index (χ1v) is 2.53. The van der Waals surface area contributed by atoms with E-state index in [1.165, 1.54) is 0 Å². The second-order valence-electron chi connectivity index (χ2n) is 1.41. The number of hydrogen-bond acceptors (Lipinski definition) is 5. The molecule has 6 heteroatoms. The maximum absolute atomic E-state index is 9.95. The van der Waals surface area contributed by atoms with Crippen molar-refractivity contribution in [2.24, 2.45) is 0 Å². The van der Waals surface area contributed by atoms with Gasteiger partial charge in [-0.15, -0.1) is 0 Å². The predicted octanol–water partition coefficient (Wildman–Crippen LogP) is -2.83. The number of rotatable bonds is 3. The van der Waals surface area contributed by atoms with Crippen LogP contribution in [0.2, 0.25) is 0 Å². The van der Waals surface area contributed by atoms with Crippen LogP contribution in [0.15, 0.2) is 0 Å². The van der Waals surface area contributed by atoms with Crippen molar-refractivity contribution in [1.29, 1.82) is 0 Å². The van der Waals surface area contributed by atoms with E-state index in [-0.39, 0.29) is 19.5 Å². The summed E-state index contributed by atoms with van der Waals surface area (Å²) in [5.41, 5.74) is 0. The third kappa shape index (κ3) is 6.07. The molecule has 4 nitrogen and oxygen atoms in total. The minimum Gasteiger partial charge on any atom is -0.866 e. The Kier molecular flexibility index (Phi) is 7.19. The molecule has 0 aromatic rings.